The first kappa shape index (κ1) is 18.7. The second-order valence-corrected chi connectivity index (χ2v) is 5.81. The molecule has 1 fully saturated rings. The number of halogens is 1. The van der Waals surface area contributed by atoms with Gasteiger partial charge in [-0.3, -0.25) is 4.79 Å². The smallest absolute Gasteiger partial charge is 0.234 e. The van der Waals surface area contributed by atoms with Gasteiger partial charge < -0.3 is 15.4 Å². The number of pyridine rings is 1. The molecular weight excluding hydrogens is 302 g/mol. The topological polar surface area (TPSA) is 63.2 Å². The molecule has 0 bridgehead atoms. The lowest BCUT2D eigenvalue weighted by Gasteiger charge is -2.26. The molecule has 1 amide bonds. The molecule has 124 valence electrons. The molecule has 2 N–H and O–H groups in total. The van der Waals surface area contributed by atoms with Gasteiger partial charge in [-0.2, -0.15) is 0 Å². The van der Waals surface area contributed by atoms with Crippen molar-refractivity contribution in [2.24, 2.45) is 5.92 Å². The Morgan fingerprint density at radius 3 is 2.77 bits per heavy atom. The standard InChI is InChI=1S/C16H25N3O2.ClH/c1-12-3-5-14(6-4-12)21-16-9-13(7-8-18-16)10-19-15(20)11-17-2;/h7-9,12,14,17H,3-6,10-11H2,1-2H3,(H,19,20);1H. The maximum atomic E-state index is 11.4. The summed E-state index contributed by atoms with van der Waals surface area (Å²) in [5.41, 5.74) is 1.01. The number of rotatable bonds is 6. The number of ether oxygens (including phenoxy) is 1. The van der Waals surface area contributed by atoms with Crippen LogP contribution in [-0.4, -0.2) is 30.6 Å². The summed E-state index contributed by atoms with van der Waals surface area (Å²) < 4.78 is 5.96. The number of nitrogens with zero attached hydrogens (tertiary/aromatic N) is 1. The molecule has 5 nitrogen and oxygen atoms in total. The van der Waals surface area contributed by atoms with E-state index in [1.54, 1.807) is 13.2 Å². The molecule has 0 atom stereocenters. The Morgan fingerprint density at radius 1 is 1.36 bits per heavy atom. The first-order valence-corrected chi connectivity index (χ1v) is 7.70. The molecule has 2 rings (SSSR count). The van der Waals surface area contributed by atoms with Crippen molar-refractivity contribution in [1.82, 2.24) is 15.6 Å². The average Bonchev–Trinajstić information content (AvgIpc) is 2.48. The van der Waals surface area contributed by atoms with Gasteiger partial charge in [0, 0.05) is 18.8 Å². The molecule has 6 heteroatoms. The van der Waals surface area contributed by atoms with Crippen molar-refractivity contribution in [3.8, 4) is 5.88 Å². The van der Waals surface area contributed by atoms with Crippen LogP contribution in [0.3, 0.4) is 0 Å². The first-order valence-electron chi connectivity index (χ1n) is 7.70. The van der Waals surface area contributed by atoms with E-state index < -0.39 is 0 Å². The molecule has 1 aromatic rings. The fourth-order valence-corrected chi connectivity index (χ4v) is 2.57. The summed E-state index contributed by atoms with van der Waals surface area (Å²) in [5, 5.41) is 5.68. The van der Waals surface area contributed by atoms with Gasteiger partial charge in [0.2, 0.25) is 11.8 Å². The van der Waals surface area contributed by atoms with Crippen molar-refractivity contribution in [3.63, 3.8) is 0 Å². The quantitative estimate of drug-likeness (QED) is 0.841. The van der Waals surface area contributed by atoms with E-state index in [2.05, 4.69) is 22.5 Å². The predicted octanol–water partition coefficient (Wildman–Crippen LogP) is 2.30. The molecule has 1 saturated carbocycles. The summed E-state index contributed by atoms with van der Waals surface area (Å²) in [6, 6.07) is 3.81. The van der Waals surface area contributed by atoms with E-state index in [4.69, 9.17) is 4.74 Å². The van der Waals surface area contributed by atoms with Crippen molar-refractivity contribution in [2.75, 3.05) is 13.6 Å². The van der Waals surface area contributed by atoms with Gasteiger partial charge in [-0.1, -0.05) is 6.92 Å². The number of amides is 1. The van der Waals surface area contributed by atoms with Gasteiger partial charge in [0.25, 0.3) is 0 Å². The minimum absolute atomic E-state index is 0. The van der Waals surface area contributed by atoms with Gasteiger partial charge in [0.05, 0.1) is 6.54 Å². The zero-order valence-electron chi connectivity index (χ0n) is 13.3. The van der Waals surface area contributed by atoms with Crippen LogP contribution >= 0.6 is 12.4 Å². The normalized spacial score (nSPS) is 20.8. The van der Waals surface area contributed by atoms with Gasteiger partial charge in [-0.05, 0) is 50.3 Å². The Labute approximate surface area is 138 Å². The third kappa shape index (κ3) is 6.20. The highest BCUT2D eigenvalue weighted by Gasteiger charge is 2.19. The zero-order valence-corrected chi connectivity index (χ0v) is 14.1. The highest BCUT2D eigenvalue weighted by atomic mass is 35.5. The van der Waals surface area contributed by atoms with Gasteiger partial charge in [-0.15, -0.1) is 12.4 Å². The highest BCUT2D eigenvalue weighted by Crippen LogP contribution is 2.26. The fraction of sp³-hybridized carbons (Fsp3) is 0.625. The van der Waals surface area contributed by atoms with Gasteiger partial charge in [-0.25, -0.2) is 4.98 Å². The zero-order chi connectivity index (χ0) is 15.1. The lowest BCUT2D eigenvalue weighted by molar-refractivity contribution is -0.120. The Balaban J connectivity index is 0.00000242. The molecule has 1 aliphatic carbocycles. The SMILES string of the molecule is CNCC(=O)NCc1ccnc(OC2CCC(C)CC2)c1.Cl. The van der Waals surface area contributed by atoms with Crippen LogP contribution in [0.25, 0.3) is 0 Å². The van der Waals surface area contributed by atoms with Gasteiger partial charge >= 0.3 is 0 Å². The fourth-order valence-electron chi connectivity index (χ4n) is 2.57. The van der Waals surface area contributed by atoms with Crippen LogP contribution in [0, 0.1) is 5.92 Å². The van der Waals surface area contributed by atoms with Crippen molar-refractivity contribution in [1.29, 1.82) is 0 Å². The molecule has 0 spiro atoms. The van der Waals surface area contributed by atoms with Crippen molar-refractivity contribution >= 4 is 18.3 Å². The van der Waals surface area contributed by atoms with E-state index in [1.807, 2.05) is 12.1 Å². The molecule has 22 heavy (non-hydrogen) atoms. The van der Waals surface area contributed by atoms with Gasteiger partial charge in [0.15, 0.2) is 0 Å². The molecule has 0 aliphatic heterocycles. The van der Waals surface area contributed by atoms with Gasteiger partial charge in [0.1, 0.15) is 6.10 Å². The molecular formula is C16H26ClN3O2. The van der Waals surface area contributed by atoms with Crippen LogP contribution < -0.4 is 15.4 Å². The van der Waals surface area contributed by atoms with E-state index in [0.717, 1.165) is 24.3 Å². The molecule has 0 radical (unpaired) electrons. The van der Waals surface area contributed by atoms with Crippen LogP contribution in [0.5, 0.6) is 5.88 Å². The van der Waals surface area contributed by atoms with E-state index >= 15 is 0 Å². The Kier molecular flexibility index (Phi) is 8.20. The second kappa shape index (κ2) is 9.64. The van der Waals surface area contributed by atoms with Crippen LogP contribution in [0.15, 0.2) is 18.3 Å². The Morgan fingerprint density at radius 2 is 2.09 bits per heavy atom. The summed E-state index contributed by atoms with van der Waals surface area (Å²) in [4.78, 5) is 15.7. The largest absolute Gasteiger partial charge is 0.474 e. The van der Waals surface area contributed by atoms with E-state index in [9.17, 15) is 4.79 Å². The maximum absolute atomic E-state index is 11.4. The van der Waals surface area contributed by atoms with E-state index in [-0.39, 0.29) is 24.4 Å². The maximum Gasteiger partial charge on any atom is 0.234 e. The average molecular weight is 328 g/mol. The van der Waals surface area contributed by atoms with Crippen molar-refractivity contribution in [2.45, 2.75) is 45.3 Å². The van der Waals surface area contributed by atoms with E-state index in [0.29, 0.717) is 19.0 Å². The third-order valence-corrected chi connectivity index (χ3v) is 3.88. The predicted molar refractivity (Wildman–Crippen MR) is 89.3 cm³/mol. The van der Waals surface area contributed by atoms with Crippen LogP contribution in [0.1, 0.15) is 38.2 Å². The molecule has 0 saturated heterocycles. The molecule has 1 heterocycles. The second-order valence-electron chi connectivity index (χ2n) is 5.81. The number of hydrogen-bond acceptors (Lipinski definition) is 4. The molecule has 1 aliphatic rings. The number of aromatic nitrogens is 1. The lowest BCUT2D eigenvalue weighted by Crippen LogP contribution is -2.31. The number of hydrogen-bond donors (Lipinski definition) is 2. The Hall–Kier alpha value is -1.33. The minimum atomic E-state index is -0.0157. The summed E-state index contributed by atoms with van der Waals surface area (Å²) >= 11 is 0. The summed E-state index contributed by atoms with van der Waals surface area (Å²) in [5.74, 6) is 1.46. The third-order valence-electron chi connectivity index (χ3n) is 3.88. The number of nitrogens with one attached hydrogen (secondary N) is 2. The molecule has 0 aromatic carbocycles. The molecule has 0 unspecified atom stereocenters. The Bertz CT molecular complexity index is 462. The van der Waals surface area contributed by atoms with E-state index in [1.165, 1.54) is 12.8 Å². The van der Waals surface area contributed by atoms with Crippen LogP contribution in [0.2, 0.25) is 0 Å². The number of carbonyl (C=O) groups is 1. The number of likely N-dealkylation sites (N-methyl/N-ethyl adjacent to an activating group) is 1. The van der Waals surface area contributed by atoms with Crippen molar-refractivity contribution < 1.29 is 9.53 Å². The monoisotopic (exact) mass is 327 g/mol. The minimum Gasteiger partial charge on any atom is -0.474 e. The summed E-state index contributed by atoms with van der Waals surface area (Å²) in [6.07, 6.45) is 6.68. The lowest BCUT2D eigenvalue weighted by atomic mass is 9.89. The first-order chi connectivity index (χ1) is 10.2. The highest BCUT2D eigenvalue weighted by molar-refractivity contribution is 5.85. The number of carbonyl (C=O) groups excluding carboxylic acids is 1. The van der Waals surface area contributed by atoms with Crippen LogP contribution in [0.4, 0.5) is 0 Å². The summed E-state index contributed by atoms with van der Waals surface area (Å²) in [6.45, 7) is 3.12. The van der Waals surface area contributed by atoms with Crippen LogP contribution in [-0.2, 0) is 11.3 Å². The summed E-state index contributed by atoms with van der Waals surface area (Å²) in [7, 11) is 1.75. The van der Waals surface area contributed by atoms with Crippen molar-refractivity contribution in [3.05, 3.63) is 23.9 Å². The molecule has 1 aromatic heterocycles.